The largest absolute Gasteiger partial charge is 0.469 e. The third-order valence-electron chi connectivity index (χ3n) is 3.11. The third kappa shape index (κ3) is 5.32. The summed E-state index contributed by atoms with van der Waals surface area (Å²) in [6.45, 7) is 1.51. The summed E-state index contributed by atoms with van der Waals surface area (Å²) in [5, 5.41) is 2.29. The Balaban J connectivity index is 2.90. The van der Waals surface area contributed by atoms with Crippen molar-refractivity contribution in [3.8, 4) is 0 Å². The Morgan fingerprint density at radius 3 is 2.04 bits per heavy atom. The highest BCUT2D eigenvalue weighted by molar-refractivity contribution is 5.96. The molecule has 1 amide bonds. The lowest BCUT2D eigenvalue weighted by Crippen LogP contribution is -2.43. The maximum atomic E-state index is 13.1. The zero-order chi connectivity index (χ0) is 17.6. The molecule has 1 aromatic carbocycles. The fourth-order valence-electron chi connectivity index (χ4n) is 1.93. The van der Waals surface area contributed by atoms with E-state index in [9.17, 15) is 23.2 Å². The fourth-order valence-corrected chi connectivity index (χ4v) is 1.93. The molecular formula is C15H17F2NO5. The Morgan fingerprint density at radius 1 is 1.04 bits per heavy atom. The Hall–Kier alpha value is -2.51. The molecule has 0 heterocycles. The summed E-state index contributed by atoms with van der Waals surface area (Å²) in [4.78, 5) is 35.2. The van der Waals surface area contributed by atoms with Gasteiger partial charge in [0.15, 0.2) is 0 Å². The molecule has 126 valence electrons. The van der Waals surface area contributed by atoms with E-state index in [0.717, 1.165) is 19.2 Å². The third-order valence-corrected chi connectivity index (χ3v) is 3.11. The molecule has 8 heteroatoms. The van der Waals surface area contributed by atoms with Gasteiger partial charge in [-0.25, -0.2) is 13.6 Å². The average Bonchev–Trinajstić information content (AvgIpc) is 2.51. The molecule has 0 bridgehead atoms. The molecule has 0 aromatic heterocycles. The molecule has 1 aromatic rings. The maximum absolute atomic E-state index is 13.1. The number of carbonyl (C=O) groups is 3. The van der Waals surface area contributed by atoms with Crippen LogP contribution in [0.1, 0.15) is 23.7 Å². The second-order valence-corrected chi connectivity index (χ2v) is 4.87. The molecule has 0 radical (unpaired) electrons. The predicted octanol–water partition coefficient (Wildman–Crippen LogP) is 1.44. The van der Waals surface area contributed by atoms with E-state index in [2.05, 4.69) is 14.8 Å². The van der Waals surface area contributed by atoms with Gasteiger partial charge >= 0.3 is 11.9 Å². The highest BCUT2D eigenvalue weighted by Gasteiger charge is 2.27. The van der Waals surface area contributed by atoms with Crippen LogP contribution in [0.3, 0.4) is 0 Å². The summed E-state index contributed by atoms with van der Waals surface area (Å²) < 4.78 is 35.4. The Bertz CT molecular complexity index is 585. The van der Waals surface area contributed by atoms with E-state index < -0.39 is 41.4 Å². The highest BCUT2D eigenvalue weighted by Crippen LogP contribution is 2.12. The first-order valence-electron chi connectivity index (χ1n) is 6.71. The van der Waals surface area contributed by atoms with Crippen LogP contribution in [-0.2, 0) is 19.1 Å². The number of ether oxygens (including phenoxy) is 2. The van der Waals surface area contributed by atoms with Crippen LogP contribution in [0.15, 0.2) is 18.2 Å². The van der Waals surface area contributed by atoms with E-state index in [1.54, 1.807) is 0 Å². The molecule has 0 fully saturated rings. The number of rotatable bonds is 6. The SMILES string of the molecule is COC(=O)[C@H](C[C@H](C)C(=O)OC)NC(=O)c1cc(F)cc(F)c1. The Kier molecular flexibility index (Phi) is 6.62. The van der Waals surface area contributed by atoms with Gasteiger partial charge in [0.25, 0.3) is 5.91 Å². The topological polar surface area (TPSA) is 81.7 Å². The van der Waals surface area contributed by atoms with Crippen LogP contribution in [0.5, 0.6) is 0 Å². The Labute approximate surface area is 131 Å². The minimum Gasteiger partial charge on any atom is -0.469 e. The van der Waals surface area contributed by atoms with Crippen LogP contribution in [0.2, 0.25) is 0 Å². The van der Waals surface area contributed by atoms with E-state index >= 15 is 0 Å². The number of methoxy groups -OCH3 is 2. The summed E-state index contributed by atoms with van der Waals surface area (Å²) in [7, 11) is 2.31. The zero-order valence-electron chi connectivity index (χ0n) is 12.9. The number of benzene rings is 1. The number of esters is 2. The smallest absolute Gasteiger partial charge is 0.328 e. The molecule has 1 N–H and O–H groups in total. The summed E-state index contributed by atoms with van der Waals surface area (Å²) in [6.07, 6.45) is -0.0805. The maximum Gasteiger partial charge on any atom is 0.328 e. The fraction of sp³-hybridized carbons (Fsp3) is 0.400. The van der Waals surface area contributed by atoms with Crippen LogP contribution in [0, 0.1) is 17.6 Å². The van der Waals surface area contributed by atoms with E-state index in [1.807, 2.05) is 0 Å². The van der Waals surface area contributed by atoms with Gasteiger partial charge in [-0.3, -0.25) is 9.59 Å². The van der Waals surface area contributed by atoms with Gasteiger partial charge in [0.1, 0.15) is 17.7 Å². The molecular weight excluding hydrogens is 312 g/mol. The van der Waals surface area contributed by atoms with E-state index in [-0.39, 0.29) is 12.0 Å². The minimum absolute atomic E-state index is 0.0805. The Morgan fingerprint density at radius 2 is 1.57 bits per heavy atom. The van der Waals surface area contributed by atoms with Gasteiger partial charge < -0.3 is 14.8 Å². The molecule has 1 rings (SSSR count). The lowest BCUT2D eigenvalue weighted by atomic mass is 10.0. The first-order valence-corrected chi connectivity index (χ1v) is 6.71. The van der Waals surface area contributed by atoms with E-state index in [4.69, 9.17) is 0 Å². The van der Waals surface area contributed by atoms with Gasteiger partial charge in [0.05, 0.1) is 20.1 Å². The highest BCUT2D eigenvalue weighted by atomic mass is 19.1. The number of amides is 1. The first-order chi connectivity index (χ1) is 10.8. The van der Waals surface area contributed by atoms with Crippen LogP contribution < -0.4 is 5.32 Å². The van der Waals surface area contributed by atoms with Crippen molar-refractivity contribution in [1.82, 2.24) is 5.32 Å². The van der Waals surface area contributed by atoms with Crippen molar-refractivity contribution in [2.45, 2.75) is 19.4 Å². The number of halogens is 2. The zero-order valence-corrected chi connectivity index (χ0v) is 12.9. The van der Waals surface area contributed by atoms with Gasteiger partial charge in [-0.2, -0.15) is 0 Å². The van der Waals surface area contributed by atoms with Crippen molar-refractivity contribution in [2.24, 2.45) is 5.92 Å². The van der Waals surface area contributed by atoms with Crippen molar-refractivity contribution in [3.63, 3.8) is 0 Å². The average molecular weight is 329 g/mol. The molecule has 0 aliphatic carbocycles. The monoisotopic (exact) mass is 329 g/mol. The molecule has 0 saturated carbocycles. The van der Waals surface area contributed by atoms with Crippen LogP contribution in [-0.4, -0.2) is 38.1 Å². The van der Waals surface area contributed by atoms with Gasteiger partial charge in [0, 0.05) is 11.6 Å². The van der Waals surface area contributed by atoms with Gasteiger partial charge in [-0.1, -0.05) is 6.92 Å². The molecule has 0 unspecified atom stereocenters. The van der Waals surface area contributed by atoms with Crippen molar-refractivity contribution in [1.29, 1.82) is 0 Å². The number of hydrogen-bond acceptors (Lipinski definition) is 5. The second kappa shape index (κ2) is 8.21. The quantitative estimate of drug-likeness (QED) is 0.799. The van der Waals surface area contributed by atoms with Crippen LogP contribution in [0.4, 0.5) is 8.78 Å². The molecule has 0 spiro atoms. The summed E-state index contributed by atoms with van der Waals surface area (Å²) in [5.74, 6) is -4.75. The predicted molar refractivity (Wildman–Crippen MR) is 75.4 cm³/mol. The molecule has 0 aliphatic rings. The molecule has 23 heavy (non-hydrogen) atoms. The van der Waals surface area contributed by atoms with Gasteiger partial charge in [-0.05, 0) is 18.6 Å². The normalized spacial score (nSPS) is 12.9. The molecule has 6 nitrogen and oxygen atoms in total. The van der Waals surface area contributed by atoms with Crippen LogP contribution >= 0.6 is 0 Å². The van der Waals surface area contributed by atoms with Gasteiger partial charge in [-0.15, -0.1) is 0 Å². The molecule has 2 atom stereocenters. The minimum atomic E-state index is -1.16. The van der Waals surface area contributed by atoms with E-state index in [0.29, 0.717) is 6.07 Å². The summed E-state index contributed by atoms with van der Waals surface area (Å²) in [5.41, 5.74) is -0.290. The molecule has 0 aliphatic heterocycles. The van der Waals surface area contributed by atoms with E-state index in [1.165, 1.54) is 14.0 Å². The lowest BCUT2D eigenvalue weighted by molar-refractivity contribution is -0.147. The number of carbonyl (C=O) groups excluding carboxylic acids is 3. The van der Waals surface area contributed by atoms with Crippen LogP contribution in [0.25, 0.3) is 0 Å². The van der Waals surface area contributed by atoms with Crippen molar-refractivity contribution >= 4 is 17.8 Å². The van der Waals surface area contributed by atoms with Gasteiger partial charge in [0.2, 0.25) is 0 Å². The van der Waals surface area contributed by atoms with Crippen molar-refractivity contribution in [2.75, 3.05) is 14.2 Å². The number of hydrogen-bond donors (Lipinski definition) is 1. The molecule has 0 saturated heterocycles. The second-order valence-electron chi connectivity index (χ2n) is 4.87. The lowest BCUT2D eigenvalue weighted by Gasteiger charge is -2.19. The number of nitrogens with one attached hydrogen (secondary N) is 1. The first kappa shape index (κ1) is 18.5. The summed E-state index contributed by atoms with van der Waals surface area (Å²) >= 11 is 0. The summed E-state index contributed by atoms with van der Waals surface area (Å²) in [6, 6.07) is 1.12. The standard InChI is InChI=1S/C15H17F2NO5/c1-8(14(20)22-2)4-12(15(21)23-3)18-13(19)9-5-10(16)7-11(17)6-9/h5-8,12H,4H2,1-3H3,(H,18,19)/t8-,12-/m0/s1. The van der Waals surface area contributed by atoms with Crippen molar-refractivity contribution < 1.29 is 32.6 Å². The van der Waals surface area contributed by atoms with Crippen molar-refractivity contribution in [3.05, 3.63) is 35.4 Å².